The molecule has 4 aromatic rings. The van der Waals surface area contributed by atoms with E-state index in [4.69, 9.17) is 9.47 Å². The molecule has 0 unspecified atom stereocenters. The number of allylic oxidation sites excluding steroid dienone is 1. The number of esters is 1. The number of aromatic hydroxyl groups is 1. The summed E-state index contributed by atoms with van der Waals surface area (Å²) < 4.78 is 12.9. The van der Waals surface area contributed by atoms with Gasteiger partial charge >= 0.3 is 5.97 Å². The number of phenols is 1. The molecular weight excluding hydrogens is 476 g/mol. The summed E-state index contributed by atoms with van der Waals surface area (Å²) in [5.41, 5.74) is 1.79. The molecule has 182 valence electrons. The quantitative estimate of drug-likeness (QED) is 0.423. The molecule has 0 saturated carbocycles. The fourth-order valence-corrected chi connectivity index (χ4v) is 5.59. The third-order valence-corrected chi connectivity index (χ3v) is 7.16. The van der Waals surface area contributed by atoms with Gasteiger partial charge in [-0.3, -0.25) is 9.36 Å². The zero-order valence-electron chi connectivity index (χ0n) is 20.0. The lowest BCUT2D eigenvalue weighted by Gasteiger charge is -2.26. The van der Waals surface area contributed by atoms with E-state index in [1.807, 2.05) is 36.4 Å². The number of fused-ring (bicyclic) bond motifs is 2. The lowest BCUT2D eigenvalue weighted by atomic mass is 9.91. The van der Waals surface area contributed by atoms with E-state index in [0.717, 1.165) is 16.3 Å². The van der Waals surface area contributed by atoms with Crippen molar-refractivity contribution in [2.45, 2.75) is 19.9 Å². The molecule has 1 N–H and O–H groups in total. The minimum absolute atomic E-state index is 0.0735. The first-order valence-corrected chi connectivity index (χ1v) is 12.3. The van der Waals surface area contributed by atoms with Gasteiger partial charge < -0.3 is 14.6 Å². The van der Waals surface area contributed by atoms with Gasteiger partial charge in [-0.25, -0.2) is 9.79 Å². The normalized spacial score (nSPS) is 15.5. The summed E-state index contributed by atoms with van der Waals surface area (Å²) in [6, 6.07) is 17.5. The van der Waals surface area contributed by atoms with Crippen molar-refractivity contribution in [1.82, 2.24) is 4.57 Å². The van der Waals surface area contributed by atoms with Crippen LogP contribution >= 0.6 is 11.3 Å². The zero-order valence-corrected chi connectivity index (χ0v) is 20.8. The molecule has 7 nitrogen and oxygen atoms in total. The van der Waals surface area contributed by atoms with Gasteiger partial charge in [0.2, 0.25) is 0 Å². The van der Waals surface area contributed by atoms with Gasteiger partial charge in [0.1, 0.15) is 11.5 Å². The van der Waals surface area contributed by atoms with E-state index in [9.17, 15) is 14.7 Å². The summed E-state index contributed by atoms with van der Waals surface area (Å²) in [6.07, 6.45) is 1.64. The van der Waals surface area contributed by atoms with Crippen LogP contribution in [-0.2, 0) is 9.53 Å². The smallest absolute Gasteiger partial charge is 0.338 e. The second-order valence-electron chi connectivity index (χ2n) is 8.26. The first kappa shape index (κ1) is 23.6. The maximum Gasteiger partial charge on any atom is 0.338 e. The number of phenolic OH excluding ortho intramolecular Hbond substituents is 1. The molecule has 1 aliphatic rings. The maximum absolute atomic E-state index is 13.8. The molecule has 0 bridgehead atoms. The summed E-state index contributed by atoms with van der Waals surface area (Å²) in [6.45, 7) is 3.70. The van der Waals surface area contributed by atoms with Crippen molar-refractivity contribution >= 4 is 34.2 Å². The molecule has 0 spiro atoms. The first-order chi connectivity index (χ1) is 17.4. The third kappa shape index (κ3) is 3.89. The second kappa shape index (κ2) is 9.47. The summed E-state index contributed by atoms with van der Waals surface area (Å²) in [4.78, 5) is 32.1. The van der Waals surface area contributed by atoms with E-state index in [-0.39, 0.29) is 17.9 Å². The van der Waals surface area contributed by atoms with Gasteiger partial charge in [-0.05, 0) is 43.0 Å². The Morgan fingerprint density at radius 3 is 2.56 bits per heavy atom. The van der Waals surface area contributed by atoms with Gasteiger partial charge in [0.05, 0.1) is 35.6 Å². The molecule has 36 heavy (non-hydrogen) atoms. The molecule has 1 aromatic heterocycles. The van der Waals surface area contributed by atoms with Crippen LogP contribution in [0.25, 0.3) is 16.8 Å². The number of aromatic nitrogens is 1. The Labute approximate surface area is 210 Å². The minimum atomic E-state index is -0.748. The number of carbonyl (C=O) groups excluding carboxylic acids is 1. The van der Waals surface area contributed by atoms with Crippen LogP contribution in [0.2, 0.25) is 0 Å². The number of nitrogens with zero attached hydrogens (tertiary/aromatic N) is 2. The third-order valence-electron chi connectivity index (χ3n) is 6.17. The van der Waals surface area contributed by atoms with Crippen LogP contribution in [0.5, 0.6) is 11.5 Å². The van der Waals surface area contributed by atoms with E-state index in [0.29, 0.717) is 31.9 Å². The number of hydrogen-bond donors (Lipinski definition) is 1. The molecule has 0 fully saturated rings. The highest BCUT2D eigenvalue weighted by Crippen LogP contribution is 2.37. The van der Waals surface area contributed by atoms with Crippen molar-refractivity contribution in [2.75, 3.05) is 13.7 Å². The molecule has 1 aliphatic heterocycles. The van der Waals surface area contributed by atoms with Gasteiger partial charge in [0, 0.05) is 10.9 Å². The van der Waals surface area contributed by atoms with Crippen molar-refractivity contribution in [3.8, 4) is 11.5 Å². The van der Waals surface area contributed by atoms with Crippen LogP contribution in [0.1, 0.15) is 31.0 Å². The molecule has 0 amide bonds. The average Bonchev–Trinajstić information content (AvgIpc) is 3.18. The van der Waals surface area contributed by atoms with Gasteiger partial charge in [-0.15, -0.1) is 0 Å². The van der Waals surface area contributed by atoms with Crippen LogP contribution in [-0.4, -0.2) is 29.4 Å². The Bertz CT molecular complexity index is 1710. The lowest BCUT2D eigenvalue weighted by molar-refractivity contribution is -0.139. The number of rotatable bonds is 5. The van der Waals surface area contributed by atoms with Crippen LogP contribution < -0.4 is 19.6 Å². The molecular formula is C28H24N2O5S. The topological polar surface area (TPSA) is 90.1 Å². The van der Waals surface area contributed by atoms with Crippen molar-refractivity contribution in [2.24, 2.45) is 4.99 Å². The molecule has 2 heterocycles. The van der Waals surface area contributed by atoms with Gasteiger partial charge in [0.25, 0.3) is 5.56 Å². The highest BCUT2D eigenvalue weighted by Gasteiger charge is 2.34. The first-order valence-electron chi connectivity index (χ1n) is 11.5. The van der Waals surface area contributed by atoms with Gasteiger partial charge in [0.15, 0.2) is 4.80 Å². The number of para-hydroxylation sites is 1. The second-order valence-corrected chi connectivity index (χ2v) is 9.27. The van der Waals surface area contributed by atoms with Crippen LogP contribution in [0, 0.1) is 0 Å². The average molecular weight is 501 g/mol. The van der Waals surface area contributed by atoms with Crippen molar-refractivity contribution in [1.29, 1.82) is 0 Å². The molecule has 3 aromatic carbocycles. The predicted molar refractivity (Wildman–Crippen MR) is 139 cm³/mol. The van der Waals surface area contributed by atoms with E-state index in [1.54, 1.807) is 55.9 Å². The number of methoxy groups -OCH3 is 1. The highest BCUT2D eigenvalue weighted by molar-refractivity contribution is 7.07. The molecule has 0 radical (unpaired) electrons. The lowest BCUT2D eigenvalue weighted by Crippen LogP contribution is -2.40. The number of benzene rings is 3. The molecule has 5 rings (SSSR count). The Balaban J connectivity index is 1.83. The van der Waals surface area contributed by atoms with Gasteiger partial charge in [-0.2, -0.15) is 0 Å². The molecule has 1 atom stereocenters. The summed E-state index contributed by atoms with van der Waals surface area (Å²) in [5, 5.41) is 12.0. The molecule has 0 saturated heterocycles. The van der Waals surface area contributed by atoms with E-state index < -0.39 is 12.0 Å². The SMILES string of the molecule is CCOC(=O)C1=C(C)N=c2s/c(=C\c3ccccc3O)c(=O)n2[C@H]1c1ccc(OC)c2ccccc12. The van der Waals surface area contributed by atoms with Gasteiger partial charge in [-0.1, -0.05) is 59.9 Å². The Morgan fingerprint density at radius 1 is 1.11 bits per heavy atom. The van der Waals surface area contributed by atoms with Crippen molar-refractivity contribution < 1.29 is 19.4 Å². The monoisotopic (exact) mass is 500 g/mol. The Hall–Kier alpha value is -4.17. The number of thiazole rings is 1. The van der Waals surface area contributed by atoms with E-state index in [2.05, 4.69) is 4.99 Å². The van der Waals surface area contributed by atoms with Crippen LogP contribution in [0.3, 0.4) is 0 Å². The number of ether oxygens (including phenoxy) is 2. The predicted octanol–water partition coefficient (Wildman–Crippen LogP) is 3.67. The fraction of sp³-hybridized carbons (Fsp3) is 0.179. The summed E-state index contributed by atoms with van der Waals surface area (Å²) in [7, 11) is 1.61. The molecule has 0 aliphatic carbocycles. The molecule has 8 heteroatoms. The standard InChI is InChI=1S/C28H24N2O5S/c1-4-35-27(33)24-16(2)29-28-30(26(32)23(36-28)15-17-9-5-8-12-21(17)31)25(24)20-13-14-22(34-3)19-11-7-6-10-18(19)20/h5-15,25,31H,4H2,1-3H3/b23-15-/t25-/m0/s1. The summed E-state index contributed by atoms with van der Waals surface area (Å²) >= 11 is 1.21. The van der Waals surface area contributed by atoms with E-state index >= 15 is 0 Å². The zero-order chi connectivity index (χ0) is 25.4. The highest BCUT2D eigenvalue weighted by atomic mass is 32.1. The van der Waals surface area contributed by atoms with Crippen molar-refractivity contribution in [3.63, 3.8) is 0 Å². The summed E-state index contributed by atoms with van der Waals surface area (Å²) in [5.74, 6) is 0.253. The van der Waals surface area contributed by atoms with E-state index in [1.165, 1.54) is 11.3 Å². The Morgan fingerprint density at radius 2 is 1.83 bits per heavy atom. The van der Waals surface area contributed by atoms with Crippen LogP contribution in [0.15, 0.2) is 81.7 Å². The largest absolute Gasteiger partial charge is 0.507 e. The Kier molecular flexibility index (Phi) is 6.20. The minimum Gasteiger partial charge on any atom is -0.507 e. The van der Waals surface area contributed by atoms with Crippen molar-refractivity contribution in [3.05, 3.63) is 103 Å². The number of hydrogen-bond acceptors (Lipinski definition) is 7. The fourth-order valence-electron chi connectivity index (χ4n) is 4.55. The van der Waals surface area contributed by atoms with Crippen LogP contribution in [0.4, 0.5) is 0 Å². The maximum atomic E-state index is 13.8. The number of carbonyl (C=O) groups is 1.